The van der Waals surface area contributed by atoms with Crippen molar-refractivity contribution in [3.63, 3.8) is 0 Å². The van der Waals surface area contributed by atoms with Crippen molar-refractivity contribution in [2.24, 2.45) is 7.05 Å². The van der Waals surface area contributed by atoms with Crippen LogP contribution < -0.4 is 5.32 Å². The van der Waals surface area contributed by atoms with E-state index >= 15 is 0 Å². The number of benzene rings is 1. The minimum atomic E-state index is 0. The predicted molar refractivity (Wildman–Crippen MR) is 71.3 cm³/mol. The molecule has 0 unspecified atom stereocenters. The second-order valence-corrected chi connectivity index (χ2v) is 4.19. The molecule has 3 nitrogen and oxygen atoms in total. The summed E-state index contributed by atoms with van der Waals surface area (Å²) in [5.74, 6) is 0. The van der Waals surface area contributed by atoms with E-state index in [1.54, 1.807) is 0 Å². The molecule has 0 bridgehead atoms. The highest BCUT2D eigenvalue weighted by molar-refractivity contribution is 5.85. The summed E-state index contributed by atoms with van der Waals surface area (Å²) in [4.78, 5) is 0. The van der Waals surface area contributed by atoms with Gasteiger partial charge in [0.25, 0.3) is 0 Å². The number of hydrogen-bond acceptors (Lipinski definition) is 2. The fraction of sp³-hybridized carbons (Fsp3) is 0.308. The molecule has 1 aromatic heterocycles. The smallest absolute Gasteiger partial charge is 0.0801 e. The largest absolute Gasteiger partial charge is 0.311 e. The molecule has 0 saturated carbocycles. The minimum Gasteiger partial charge on any atom is -0.311 e. The molecule has 4 heteroatoms. The van der Waals surface area contributed by atoms with Gasteiger partial charge in [0.05, 0.1) is 11.4 Å². The van der Waals surface area contributed by atoms with E-state index in [0.717, 1.165) is 19.5 Å². The standard InChI is InChI=1S/C13H15N3.ClH/c1-16-13(10-5-3-2-4-6-10)11-7-8-14-9-12(11)15-16;/h2-6,14H,7-9H2,1H3;1H. The molecule has 1 aliphatic rings. The van der Waals surface area contributed by atoms with Crippen LogP contribution in [0.5, 0.6) is 0 Å². The number of fused-ring (bicyclic) bond motifs is 1. The number of hydrogen-bond donors (Lipinski definition) is 1. The molecule has 90 valence electrons. The number of halogens is 1. The zero-order chi connectivity index (χ0) is 11.0. The van der Waals surface area contributed by atoms with E-state index < -0.39 is 0 Å². The lowest BCUT2D eigenvalue weighted by molar-refractivity contribution is 0.625. The van der Waals surface area contributed by atoms with Crippen molar-refractivity contribution in [3.05, 3.63) is 41.6 Å². The molecule has 0 amide bonds. The van der Waals surface area contributed by atoms with Gasteiger partial charge in [0, 0.05) is 24.7 Å². The zero-order valence-electron chi connectivity index (χ0n) is 9.81. The molecule has 3 rings (SSSR count). The van der Waals surface area contributed by atoms with Gasteiger partial charge in [0.15, 0.2) is 0 Å². The second-order valence-electron chi connectivity index (χ2n) is 4.19. The molecule has 1 aliphatic heterocycles. The van der Waals surface area contributed by atoms with Crippen molar-refractivity contribution in [3.8, 4) is 11.3 Å². The van der Waals surface area contributed by atoms with Crippen LogP contribution in [0.25, 0.3) is 11.3 Å². The summed E-state index contributed by atoms with van der Waals surface area (Å²) in [7, 11) is 2.03. The van der Waals surface area contributed by atoms with Gasteiger partial charge in [-0.15, -0.1) is 12.4 Å². The second kappa shape index (κ2) is 4.90. The van der Waals surface area contributed by atoms with Gasteiger partial charge in [0.2, 0.25) is 0 Å². The Morgan fingerprint density at radius 1 is 1.24 bits per heavy atom. The highest BCUT2D eigenvalue weighted by Gasteiger charge is 2.19. The molecule has 0 fully saturated rings. The monoisotopic (exact) mass is 249 g/mol. The predicted octanol–water partition coefficient (Wildman–Crippen LogP) is 2.15. The fourth-order valence-corrected chi connectivity index (χ4v) is 2.41. The first-order valence-corrected chi connectivity index (χ1v) is 5.67. The third kappa shape index (κ3) is 2.08. The van der Waals surface area contributed by atoms with Gasteiger partial charge in [-0.1, -0.05) is 30.3 Å². The Bertz CT molecular complexity index is 505. The average Bonchev–Trinajstić information content (AvgIpc) is 2.66. The topological polar surface area (TPSA) is 29.9 Å². The molecule has 0 radical (unpaired) electrons. The van der Waals surface area contributed by atoms with Gasteiger partial charge >= 0.3 is 0 Å². The molecule has 0 spiro atoms. The summed E-state index contributed by atoms with van der Waals surface area (Å²) in [6.45, 7) is 1.95. The first-order valence-electron chi connectivity index (χ1n) is 5.67. The fourth-order valence-electron chi connectivity index (χ4n) is 2.41. The SMILES string of the molecule is Cl.Cn1nc2c(c1-c1ccccc1)CCNC2. The van der Waals surface area contributed by atoms with Crippen molar-refractivity contribution in [1.29, 1.82) is 0 Å². The summed E-state index contributed by atoms with van der Waals surface area (Å²) in [6, 6.07) is 10.5. The van der Waals surface area contributed by atoms with Crippen LogP contribution in [0.4, 0.5) is 0 Å². The Morgan fingerprint density at radius 3 is 2.76 bits per heavy atom. The number of aryl methyl sites for hydroxylation is 1. The van der Waals surface area contributed by atoms with E-state index in [-0.39, 0.29) is 12.4 Å². The van der Waals surface area contributed by atoms with E-state index in [0.29, 0.717) is 0 Å². The van der Waals surface area contributed by atoms with Crippen molar-refractivity contribution < 1.29 is 0 Å². The Morgan fingerprint density at radius 2 is 2.00 bits per heavy atom. The van der Waals surface area contributed by atoms with Crippen LogP contribution >= 0.6 is 12.4 Å². The first-order chi connectivity index (χ1) is 7.86. The van der Waals surface area contributed by atoms with Gasteiger partial charge in [0.1, 0.15) is 0 Å². The number of nitrogens with zero attached hydrogens (tertiary/aromatic N) is 2. The highest BCUT2D eigenvalue weighted by Crippen LogP contribution is 2.27. The molecule has 17 heavy (non-hydrogen) atoms. The van der Waals surface area contributed by atoms with Crippen LogP contribution in [0.15, 0.2) is 30.3 Å². The number of aromatic nitrogens is 2. The van der Waals surface area contributed by atoms with Crippen LogP contribution in [-0.2, 0) is 20.0 Å². The average molecular weight is 250 g/mol. The van der Waals surface area contributed by atoms with E-state index in [2.05, 4.69) is 34.7 Å². The molecule has 0 aliphatic carbocycles. The van der Waals surface area contributed by atoms with Crippen molar-refractivity contribution in [2.45, 2.75) is 13.0 Å². The van der Waals surface area contributed by atoms with Crippen LogP contribution in [0.2, 0.25) is 0 Å². The third-order valence-electron chi connectivity index (χ3n) is 3.12. The van der Waals surface area contributed by atoms with Crippen molar-refractivity contribution in [2.75, 3.05) is 6.54 Å². The lowest BCUT2D eigenvalue weighted by Gasteiger charge is -2.12. The van der Waals surface area contributed by atoms with Crippen LogP contribution in [-0.4, -0.2) is 16.3 Å². The normalized spacial score (nSPS) is 13.9. The van der Waals surface area contributed by atoms with E-state index in [1.165, 1.54) is 22.5 Å². The number of rotatable bonds is 1. The van der Waals surface area contributed by atoms with Crippen LogP contribution in [0, 0.1) is 0 Å². The van der Waals surface area contributed by atoms with Gasteiger partial charge in [-0.3, -0.25) is 4.68 Å². The van der Waals surface area contributed by atoms with Gasteiger partial charge < -0.3 is 5.32 Å². The Hall–Kier alpha value is -1.32. The Kier molecular flexibility index (Phi) is 3.50. The summed E-state index contributed by atoms with van der Waals surface area (Å²) >= 11 is 0. The van der Waals surface area contributed by atoms with Crippen LogP contribution in [0.1, 0.15) is 11.3 Å². The van der Waals surface area contributed by atoms with Crippen LogP contribution in [0.3, 0.4) is 0 Å². The molecule has 2 aromatic rings. The lowest BCUT2D eigenvalue weighted by atomic mass is 10.0. The molecular formula is C13H16ClN3. The van der Waals surface area contributed by atoms with Gasteiger partial charge in [-0.2, -0.15) is 5.10 Å². The Labute approximate surface area is 107 Å². The molecule has 1 N–H and O–H groups in total. The van der Waals surface area contributed by atoms with Crippen molar-refractivity contribution in [1.82, 2.24) is 15.1 Å². The first kappa shape index (κ1) is 12.1. The number of nitrogens with one attached hydrogen (secondary N) is 1. The summed E-state index contributed by atoms with van der Waals surface area (Å²) < 4.78 is 2.01. The molecular weight excluding hydrogens is 234 g/mol. The Balaban J connectivity index is 0.00000108. The zero-order valence-corrected chi connectivity index (χ0v) is 10.6. The third-order valence-corrected chi connectivity index (χ3v) is 3.12. The highest BCUT2D eigenvalue weighted by atomic mass is 35.5. The molecule has 0 atom stereocenters. The van der Waals surface area contributed by atoms with E-state index in [1.807, 2.05) is 17.8 Å². The maximum absolute atomic E-state index is 4.58. The molecule has 1 aromatic carbocycles. The summed E-state index contributed by atoms with van der Waals surface area (Å²) in [6.07, 6.45) is 1.08. The van der Waals surface area contributed by atoms with E-state index in [9.17, 15) is 0 Å². The molecule has 0 saturated heterocycles. The minimum absolute atomic E-state index is 0. The van der Waals surface area contributed by atoms with E-state index in [4.69, 9.17) is 0 Å². The maximum Gasteiger partial charge on any atom is 0.0801 e. The van der Waals surface area contributed by atoms with Gasteiger partial charge in [-0.05, 0) is 13.0 Å². The summed E-state index contributed by atoms with van der Waals surface area (Å²) in [5.41, 5.74) is 5.15. The summed E-state index contributed by atoms with van der Waals surface area (Å²) in [5, 5.41) is 7.94. The molecule has 2 heterocycles. The maximum atomic E-state index is 4.58. The lowest BCUT2D eigenvalue weighted by Crippen LogP contribution is -2.23. The van der Waals surface area contributed by atoms with Crippen molar-refractivity contribution >= 4 is 12.4 Å². The quantitative estimate of drug-likeness (QED) is 0.840. The van der Waals surface area contributed by atoms with Gasteiger partial charge in [-0.25, -0.2) is 0 Å².